The first-order valence-corrected chi connectivity index (χ1v) is 6.29. The molecule has 1 N–H and O–H groups in total. The average molecular weight is 237 g/mol. The molecule has 1 aromatic carbocycles. The Morgan fingerprint density at radius 2 is 2.35 bits per heavy atom. The van der Waals surface area contributed by atoms with Crippen LogP contribution in [0.2, 0.25) is 0 Å². The Morgan fingerprint density at radius 3 is 3.06 bits per heavy atom. The average Bonchev–Trinajstić information content (AvgIpc) is 2.79. The molecule has 0 radical (unpaired) electrons. The molecule has 0 amide bonds. The number of hydrogen-bond donors (Lipinski definition) is 1. The molecule has 1 fully saturated rings. The number of rotatable bonds is 5. The van der Waals surface area contributed by atoms with E-state index in [9.17, 15) is 4.39 Å². The molecule has 17 heavy (non-hydrogen) atoms. The lowest BCUT2D eigenvalue weighted by Gasteiger charge is -2.10. The molecule has 0 spiro atoms. The minimum atomic E-state index is -0.151. The van der Waals surface area contributed by atoms with E-state index in [1.165, 1.54) is 18.1 Å². The Balaban J connectivity index is 1.70. The zero-order chi connectivity index (χ0) is 12.1. The summed E-state index contributed by atoms with van der Waals surface area (Å²) in [6.07, 6.45) is 2.13. The monoisotopic (exact) mass is 237 g/mol. The van der Waals surface area contributed by atoms with Crippen LogP contribution in [-0.4, -0.2) is 26.3 Å². The fourth-order valence-corrected chi connectivity index (χ4v) is 2.21. The first-order valence-electron chi connectivity index (χ1n) is 6.29. The summed E-state index contributed by atoms with van der Waals surface area (Å²) in [6, 6.07) is 5.01. The number of nitrogens with one attached hydrogen (secondary N) is 1. The van der Waals surface area contributed by atoms with E-state index in [1.54, 1.807) is 6.07 Å². The molecular weight excluding hydrogens is 217 g/mol. The lowest BCUT2D eigenvalue weighted by Crippen LogP contribution is -2.25. The van der Waals surface area contributed by atoms with Gasteiger partial charge in [-0.1, -0.05) is 6.07 Å². The van der Waals surface area contributed by atoms with Gasteiger partial charge in [-0.25, -0.2) is 4.39 Å². The molecule has 2 rings (SSSR count). The van der Waals surface area contributed by atoms with Gasteiger partial charge in [-0.15, -0.1) is 0 Å². The second-order valence-corrected chi connectivity index (χ2v) is 4.75. The maximum atomic E-state index is 12.9. The number of aryl methyl sites for hydroxylation is 1. The van der Waals surface area contributed by atoms with Crippen molar-refractivity contribution in [1.29, 1.82) is 0 Å². The summed E-state index contributed by atoms with van der Waals surface area (Å²) in [4.78, 5) is 0. The van der Waals surface area contributed by atoms with Gasteiger partial charge < -0.3 is 10.1 Å². The quantitative estimate of drug-likeness (QED) is 0.793. The van der Waals surface area contributed by atoms with E-state index < -0.39 is 0 Å². The molecule has 0 bridgehead atoms. The summed E-state index contributed by atoms with van der Waals surface area (Å²) >= 11 is 0. The van der Waals surface area contributed by atoms with Crippen LogP contribution >= 0.6 is 0 Å². The largest absolute Gasteiger partial charge is 0.381 e. The van der Waals surface area contributed by atoms with Crippen molar-refractivity contribution in [2.24, 2.45) is 5.92 Å². The van der Waals surface area contributed by atoms with Crippen molar-refractivity contribution in [1.82, 2.24) is 5.32 Å². The Morgan fingerprint density at radius 1 is 1.47 bits per heavy atom. The van der Waals surface area contributed by atoms with E-state index in [-0.39, 0.29) is 5.82 Å². The summed E-state index contributed by atoms with van der Waals surface area (Å²) in [6.45, 7) is 5.73. The molecule has 1 aromatic rings. The van der Waals surface area contributed by atoms with E-state index in [2.05, 4.69) is 5.32 Å². The second-order valence-electron chi connectivity index (χ2n) is 4.75. The van der Waals surface area contributed by atoms with Gasteiger partial charge in [0.25, 0.3) is 0 Å². The Hall–Kier alpha value is -0.930. The molecule has 1 aliphatic heterocycles. The molecule has 2 nitrogen and oxygen atoms in total. The van der Waals surface area contributed by atoms with Gasteiger partial charge in [0.05, 0.1) is 6.61 Å². The predicted molar refractivity (Wildman–Crippen MR) is 66.6 cm³/mol. The van der Waals surface area contributed by atoms with Gasteiger partial charge in [-0.2, -0.15) is 0 Å². The minimum Gasteiger partial charge on any atom is -0.381 e. The normalized spacial score (nSPS) is 19.8. The van der Waals surface area contributed by atoms with Crippen LogP contribution in [0.5, 0.6) is 0 Å². The van der Waals surface area contributed by atoms with Gasteiger partial charge in [0.2, 0.25) is 0 Å². The Labute approximate surface area is 102 Å². The van der Waals surface area contributed by atoms with Gasteiger partial charge >= 0.3 is 0 Å². The first-order chi connectivity index (χ1) is 8.25. The molecule has 0 aliphatic carbocycles. The van der Waals surface area contributed by atoms with Crippen LogP contribution in [0.1, 0.15) is 17.5 Å². The zero-order valence-corrected chi connectivity index (χ0v) is 10.3. The highest BCUT2D eigenvalue weighted by atomic mass is 19.1. The second kappa shape index (κ2) is 6.12. The Kier molecular flexibility index (Phi) is 4.51. The SMILES string of the molecule is Cc1cc(F)ccc1CCNCC1CCOC1. The summed E-state index contributed by atoms with van der Waals surface area (Å²) in [5.41, 5.74) is 2.26. The number of halogens is 1. The minimum absolute atomic E-state index is 0.151. The maximum absolute atomic E-state index is 12.9. The van der Waals surface area contributed by atoms with Crippen LogP contribution in [-0.2, 0) is 11.2 Å². The Bertz CT molecular complexity index is 361. The summed E-state index contributed by atoms with van der Waals surface area (Å²) < 4.78 is 18.2. The third-order valence-corrected chi connectivity index (χ3v) is 3.33. The molecule has 0 aromatic heterocycles. The smallest absolute Gasteiger partial charge is 0.123 e. The first kappa shape index (κ1) is 12.5. The molecule has 1 heterocycles. The molecule has 94 valence electrons. The van der Waals surface area contributed by atoms with Crippen LogP contribution in [0.15, 0.2) is 18.2 Å². The molecule has 1 saturated heterocycles. The lowest BCUT2D eigenvalue weighted by atomic mass is 10.1. The summed E-state index contributed by atoms with van der Waals surface area (Å²) in [5, 5.41) is 3.44. The van der Waals surface area contributed by atoms with Crippen molar-refractivity contribution in [2.45, 2.75) is 19.8 Å². The number of benzene rings is 1. The van der Waals surface area contributed by atoms with Crippen molar-refractivity contribution >= 4 is 0 Å². The van der Waals surface area contributed by atoms with Crippen LogP contribution in [0.4, 0.5) is 4.39 Å². The fraction of sp³-hybridized carbons (Fsp3) is 0.571. The summed E-state index contributed by atoms with van der Waals surface area (Å²) in [7, 11) is 0. The standard InChI is InChI=1S/C14H20FNO/c1-11-8-14(15)3-2-13(11)4-6-16-9-12-5-7-17-10-12/h2-3,8,12,16H,4-7,9-10H2,1H3. The lowest BCUT2D eigenvalue weighted by molar-refractivity contribution is 0.185. The maximum Gasteiger partial charge on any atom is 0.123 e. The zero-order valence-electron chi connectivity index (χ0n) is 10.3. The fourth-order valence-electron chi connectivity index (χ4n) is 2.21. The van der Waals surface area contributed by atoms with Crippen LogP contribution in [0.25, 0.3) is 0 Å². The highest BCUT2D eigenvalue weighted by Gasteiger charge is 2.14. The van der Waals surface area contributed by atoms with Gasteiger partial charge in [0, 0.05) is 13.2 Å². The van der Waals surface area contributed by atoms with E-state index in [1.807, 2.05) is 13.0 Å². The van der Waals surface area contributed by atoms with E-state index in [4.69, 9.17) is 4.74 Å². The van der Waals surface area contributed by atoms with Gasteiger partial charge in [-0.05, 0) is 55.5 Å². The van der Waals surface area contributed by atoms with Crippen LogP contribution < -0.4 is 5.32 Å². The third kappa shape index (κ3) is 3.79. The van der Waals surface area contributed by atoms with E-state index in [0.29, 0.717) is 5.92 Å². The summed E-state index contributed by atoms with van der Waals surface area (Å²) in [5.74, 6) is 0.520. The molecule has 1 aliphatic rings. The number of ether oxygens (including phenoxy) is 1. The van der Waals surface area contributed by atoms with E-state index in [0.717, 1.165) is 38.3 Å². The van der Waals surface area contributed by atoms with Crippen molar-refractivity contribution in [3.05, 3.63) is 35.1 Å². The van der Waals surface area contributed by atoms with Crippen LogP contribution in [0, 0.1) is 18.7 Å². The highest BCUT2D eigenvalue weighted by Crippen LogP contribution is 2.12. The number of hydrogen-bond acceptors (Lipinski definition) is 2. The predicted octanol–water partition coefficient (Wildman–Crippen LogP) is 2.30. The van der Waals surface area contributed by atoms with Crippen molar-refractivity contribution < 1.29 is 9.13 Å². The molecule has 1 atom stereocenters. The van der Waals surface area contributed by atoms with Gasteiger partial charge in [-0.3, -0.25) is 0 Å². The van der Waals surface area contributed by atoms with Crippen LogP contribution in [0.3, 0.4) is 0 Å². The topological polar surface area (TPSA) is 21.3 Å². The molecule has 3 heteroatoms. The highest BCUT2D eigenvalue weighted by molar-refractivity contribution is 5.26. The van der Waals surface area contributed by atoms with E-state index >= 15 is 0 Å². The third-order valence-electron chi connectivity index (χ3n) is 3.33. The van der Waals surface area contributed by atoms with Crippen molar-refractivity contribution in [2.75, 3.05) is 26.3 Å². The molecule has 0 saturated carbocycles. The van der Waals surface area contributed by atoms with Gasteiger partial charge in [0.1, 0.15) is 5.82 Å². The molecular formula is C14H20FNO. The van der Waals surface area contributed by atoms with Crippen molar-refractivity contribution in [3.8, 4) is 0 Å². The van der Waals surface area contributed by atoms with Gasteiger partial charge in [0.15, 0.2) is 0 Å². The molecule has 1 unspecified atom stereocenters. The van der Waals surface area contributed by atoms with Crippen molar-refractivity contribution in [3.63, 3.8) is 0 Å².